The van der Waals surface area contributed by atoms with Crippen LogP contribution in [0.3, 0.4) is 0 Å². The Morgan fingerprint density at radius 2 is 1.66 bits per heavy atom. The minimum atomic E-state index is -1.08. The lowest BCUT2D eigenvalue weighted by molar-refractivity contribution is -0.143. The molecule has 0 fully saturated rings. The number of carboxylic acids is 2. The second-order valence-electron chi connectivity index (χ2n) is 6.87. The first-order chi connectivity index (χ1) is 13.9. The maximum Gasteiger partial charge on any atom is 0.303 e. The fourth-order valence-electron chi connectivity index (χ4n) is 3.16. The number of rotatable bonds is 6. The predicted molar refractivity (Wildman–Crippen MR) is 115 cm³/mol. The van der Waals surface area contributed by atoms with Gasteiger partial charge < -0.3 is 20.8 Å². The van der Waals surface area contributed by atoms with E-state index in [0.29, 0.717) is 0 Å². The van der Waals surface area contributed by atoms with Crippen molar-refractivity contribution in [2.75, 3.05) is 18.4 Å². The third-order valence-corrected chi connectivity index (χ3v) is 5.01. The molecule has 0 amide bonds. The average molecular weight is 419 g/mol. The van der Waals surface area contributed by atoms with Gasteiger partial charge in [-0.25, -0.2) is 0 Å². The minimum absolute atomic E-state index is 0.242. The molecule has 1 atom stereocenters. The van der Waals surface area contributed by atoms with Crippen LogP contribution in [0.25, 0.3) is 0 Å². The Hall–Kier alpha value is -2.57. The highest BCUT2D eigenvalue weighted by atomic mass is 35.5. The van der Waals surface area contributed by atoms with Crippen LogP contribution >= 0.6 is 11.6 Å². The summed E-state index contributed by atoms with van der Waals surface area (Å²) in [6.45, 7) is 4.24. The van der Waals surface area contributed by atoms with Crippen molar-refractivity contribution in [3.8, 4) is 0 Å². The lowest BCUT2D eigenvalue weighted by atomic mass is 9.99. The molecule has 0 saturated carbocycles. The summed E-state index contributed by atoms with van der Waals surface area (Å²) in [5.41, 5.74) is 5.16. The number of fused-ring (bicyclic) bond motifs is 1. The van der Waals surface area contributed by atoms with Crippen LogP contribution < -0.4 is 10.6 Å². The Bertz CT molecular complexity index is 813. The number of nitrogens with one attached hydrogen (secondary N) is 2. The summed E-state index contributed by atoms with van der Waals surface area (Å²) in [5.74, 6) is -2.15. The third-order valence-electron chi connectivity index (χ3n) is 4.70. The van der Waals surface area contributed by atoms with Gasteiger partial charge in [-0.3, -0.25) is 9.59 Å². The first kappa shape index (κ1) is 22.7. The number of carbonyl (C=O) groups is 2. The van der Waals surface area contributed by atoms with Crippen molar-refractivity contribution in [3.05, 3.63) is 64.2 Å². The first-order valence-electron chi connectivity index (χ1n) is 9.64. The number of hydrogen-bond donors (Lipinski definition) is 4. The van der Waals surface area contributed by atoms with Crippen LogP contribution in [0, 0.1) is 0 Å². The summed E-state index contributed by atoms with van der Waals surface area (Å²) < 4.78 is 0. The van der Waals surface area contributed by atoms with Crippen molar-refractivity contribution in [1.29, 1.82) is 0 Å². The minimum Gasteiger partial charge on any atom is -0.481 e. The van der Waals surface area contributed by atoms with Crippen molar-refractivity contribution in [3.63, 3.8) is 0 Å². The van der Waals surface area contributed by atoms with Crippen LogP contribution in [0.4, 0.5) is 5.69 Å². The Morgan fingerprint density at radius 1 is 1.03 bits per heavy atom. The molecule has 156 valence electrons. The highest BCUT2D eigenvalue weighted by Gasteiger charge is 2.16. The van der Waals surface area contributed by atoms with E-state index < -0.39 is 11.9 Å². The molecule has 0 bridgehead atoms. The van der Waals surface area contributed by atoms with Gasteiger partial charge in [0, 0.05) is 6.04 Å². The molecule has 2 aromatic carbocycles. The van der Waals surface area contributed by atoms with Crippen molar-refractivity contribution < 1.29 is 19.8 Å². The molecule has 0 saturated heterocycles. The van der Waals surface area contributed by atoms with Crippen LogP contribution in [-0.2, 0) is 22.4 Å². The summed E-state index contributed by atoms with van der Waals surface area (Å²) in [6.07, 6.45) is 1.51. The monoisotopic (exact) mass is 418 g/mol. The molecule has 2 aromatic rings. The normalized spacial score (nSPS) is 13.9. The molecule has 0 aromatic heterocycles. The van der Waals surface area contributed by atoms with Crippen molar-refractivity contribution >= 4 is 29.2 Å². The number of halogens is 1. The summed E-state index contributed by atoms with van der Waals surface area (Å²) in [5, 5.41) is 23.7. The lowest BCUT2D eigenvalue weighted by Gasteiger charge is -2.21. The van der Waals surface area contributed by atoms with Crippen LogP contribution in [-0.4, -0.2) is 35.2 Å². The van der Waals surface area contributed by atoms with Crippen LogP contribution in [0.2, 0.25) is 5.02 Å². The van der Waals surface area contributed by atoms with Gasteiger partial charge in [-0.05, 0) is 55.6 Å². The molecule has 1 aliphatic rings. The maximum atomic E-state index is 9.64. The molecule has 0 unspecified atom stereocenters. The van der Waals surface area contributed by atoms with Crippen molar-refractivity contribution in [1.82, 2.24) is 5.32 Å². The standard InChI is InChI=1S/C18H21ClN2.C4H6O4/c1-13(14-5-3-2-4-6-14)21-18-16-10-12-20-11-9-15(16)7-8-17(18)19;5-3(6)1-2-4(7)8/h2-8,13,20-21H,9-12H2,1H3;1-2H2,(H,5,6)(H,7,8)/t13-;/m1./s1. The van der Waals surface area contributed by atoms with E-state index in [9.17, 15) is 9.59 Å². The van der Waals surface area contributed by atoms with Gasteiger partial charge in [-0.2, -0.15) is 0 Å². The molecule has 0 radical (unpaired) electrons. The molecule has 7 heteroatoms. The summed E-state index contributed by atoms with van der Waals surface area (Å²) in [4.78, 5) is 19.3. The SMILES string of the molecule is C[C@@H](Nc1c(Cl)ccc2c1CCNCC2)c1ccccc1.O=C(O)CCC(=O)O. The van der Waals surface area contributed by atoms with E-state index in [1.54, 1.807) is 0 Å². The second-order valence-corrected chi connectivity index (χ2v) is 7.28. The zero-order chi connectivity index (χ0) is 21.2. The molecule has 4 N–H and O–H groups in total. The van der Waals surface area contributed by atoms with Gasteiger partial charge in [0.15, 0.2) is 0 Å². The van der Waals surface area contributed by atoms with E-state index in [2.05, 4.69) is 47.9 Å². The third kappa shape index (κ3) is 7.40. The lowest BCUT2D eigenvalue weighted by Crippen LogP contribution is -2.16. The largest absolute Gasteiger partial charge is 0.481 e. The zero-order valence-corrected chi connectivity index (χ0v) is 17.2. The van der Waals surface area contributed by atoms with E-state index in [0.717, 1.165) is 36.6 Å². The van der Waals surface area contributed by atoms with Crippen molar-refractivity contribution in [2.45, 2.75) is 38.6 Å². The van der Waals surface area contributed by atoms with Crippen LogP contribution in [0.5, 0.6) is 0 Å². The van der Waals surface area contributed by atoms with E-state index in [1.807, 2.05) is 12.1 Å². The van der Waals surface area contributed by atoms with E-state index in [-0.39, 0.29) is 18.9 Å². The van der Waals surface area contributed by atoms with Gasteiger partial charge in [0.25, 0.3) is 0 Å². The van der Waals surface area contributed by atoms with E-state index in [1.165, 1.54) is 16.7 Å². The molecule has 0 aliphatic carbocycles. The summed E-state index contributed by atoms with van der Waals surface area (Å²) in [7, 11) is 0. The Morgan fingerprint density at radius 3 is 2.28 bits per heavy atom. The summed E-state index contributed by atoms with van der Waals surface area (Å²) >= 11 is 6.46. The fourth-order valence-corrected chi connectivity index (χ4v) is 3.39. The van der Waals surface area contributed by atoms with Gasteiger partial charge in [0.2, 0.25) is 0 Å². The van der Waals surface area contributed by atoms with E-state index >= 15 is 0 Å². The molecule has 0 spiro atoms. The first-order valence-corrected chi connectivity index (χ1v) is 10.0. The van der Waals surface area contributed by atoms with Gasteiger partial charge >= 0.3 is 11.9 Å². The molecular formula is C22H27ClN2O4. The smallest absolute Gasteiger partial charge is 0.303 e. The van der Waals surface area contributed by atoms with E-state index in [4.69, 9.17) is 21.8 Å². The number of aliphatic carboxylic acids is 2. The molecule has 1 heterocycles. The molecular weight excluding hydrogens is 392 g/mol. The Labute approximate surface area is 175 Å². The summed E-state index contributed by atoms with van der Waals surface area (Å²) in [6, 6.07) is 14.9. The average Bonchev–Trinajstić information content (AvgIpc) is 2.95. The number of carboxylic acid groups (broad SMARTS) is 2. The van der Waals surface area contributed by atoms with Gasteiger partial charge in [-0.1, -0.05) is 48.0 Å². The molecule has 3 rings (SSSR count). The highest BCUT2D eigenvalue weighted by Crippen LogP contribution is 2.33. The predicted octanol–water partition coefficient (Wildman–Crippen LogP) is 4.14. The Balaban J connectivity index is 0.000000321. The van der Waals surface area contributed by atoms with Gasteiger partial charge in [0.1, 0.15) is 0 Å². The van der Waals surface area contributed by atoms with Gasteiger partial charge in [-0.15, -0.1) is 0 Å². The Kier molecular flexibility index (Phi) is 8.96. The topological polar surface area (TPSA) is 98.7 Å². The highest BCUT2D eigenvalue weighted by molar-refractivity contribution is 6.33. The zero-order valence-electron chi connectivity index (χ0n) is 16.5. The van der Waals surface area contributed by atoms with Crippen LogP contribution in [0.15, 0.2) is 42.5 Å². The molecule has 6 nitrogen and oxygen atoms in total. The maximum absolute atomic E-state index is 9.64. The fraction of sp³-hybridized carbons (Fsp3) is 0.364. The molecule has 1 aliphatic heterocycles. The van der Waals surface area contributed by atoms with Crippen molar-refractivity contribution in [2.24, 2.45) is 0 Å². The second kappa shape index (κ2) is 11.4. The number of benzene rings is 2. The van der Waals surface area contributed by atoms with Crippen LogP contribution in [0.1, 0.15) is 42.5 Å². The number of hydrogen-bond acceptors (Lipinski definition) is 4. The van der Waals surface area contributed by atoms with Gasteiger partial charge in [0.05, 0.1) is 23.6 Å². The number of anilines is 1. The molecule has 29 heavy (non-hydrogen) atoms. The quantitative estimate of drug-likeness (QED) is 0.562.